The third-order valence-electron chi connectivity index (χ3n) is 2.00. The minimum Gasteiger partial charge on any atom is -0.327 e. The summed E-state index contributed by atoms with van der Waals surface area (Å²) in [5.74, 6) is 0.378. The van der Waals surface area contributed by atoms with E-state index in [1.165, 1.54) is 11.3 Å². The van der Waals surface area contributed by atoms with E-state index in [-0.39, 0.29) is 16.0 Å². The van der Waals surface area contributed by atoms with Crippen molar-refractivity contribution in [2.24, 2.45) is 5.73 Å². The maximum absolute atomic E-state index is 10.3. The quantitative estimate of drug-likeness (QED) is 0.559. The van der Waals surface area contributed by atoms with E-state index < -0.39 is 0 Å². The van der Waals surface area contributed by atoms with Crippen LogP contribution in [0.3, 0.4) is 0 Å². The highest BCUT2D eigenvalue weighted by molar-refractivity contribution is 7.15. The second kappa shape index (κ2) is 2.53. The molecule has 0 amide bonds. The molecule has 5 heteroatoms. The minimum absolute atomic E-state index is 0.212. The number of thiophene rings is 1. The number of nitrogens with zero attached hydrogens (tertiary/aromatic N) is 1. The van der Waals surface area contributed by atoms with Crippen LogP contribution in [0.1, 0.15) is 17.2 Å². The lowest BCUT2D eigenvalue weighted by atomic mass is 10.3. The molecule has 2 atom stereocenters. The summed E-state index contributed by atoms with van der Waals surface area (Å²) < 4.78 is 0. The molecule has 0 bridgehead atoms. The molecular weight excluding hydrogens is 176 g/mol. The molecule has 1 aromatic rings. The predicted octanol–water partition coefficient (Wildman–Crippen LogP) is 1.47. The van der Waals surface area contributed by atoms with Crippen molar-refractivity contribution in [2.45, 2.75) is 18.4 Å². The maximum Gasteiger partial charge on any atom is 0.324 e. The fraction of sp³-hybridized carbons (Fsp3) is 0.429. The molecule has 1 aromatic heterocycles. The van der Waals surface area contributed by atoms with Gasteiger partial charge in [-0.3, -0.25) is 10.1 Å². The van der Waals surface area contributed by atoms with Gasteiger partial charge in [0, 0.05) is 22.9 Å². The lowest BCUT2D eigenvalue weighted by Crippen LogP contribution is -1.99. The van der Waals surface area contributed by atoms with Crippen LogP contribution in [0.25, 0.3) is 0 Å². The molecule has 12 heavy (non-hydrogen) atoms. The first-order chi connectivity index (χ1) is 5.68. The summed E-state index contributed by atoms with van der Waals surface area (Å²) in [5.41, 5.74) is 5.62. The molecule has 1 heterocycles. The number of hydrogen-bond acceptors (Lipinski definition) is 4. The molecule has 0 aromatic carbocycles. The number of nitrogens with two attached hydrogens (primary N) is 1. The fourth-order valence-electron chi connectivity index (χ4n) is 1.18. The van der Waals surface area contributed by atoms with Crippen LogP contribution in [0.4, 0.5) is 5.00 Å². The van der Waals surface area contributed by atoms with Crippen molar-refractivity contribution in [3.8, 4) is 0 Å². The van der Waals surface area contributed by atoms with Gasteiger partial charge in [0.05, 0.1) is 4.92 Å². The van der Waals surface area contributed by atoms with Gasteiger partial charge in [0.2, 0.25) is 0 Å². The molecule has 1 fully saturated rings. The van der Waals surface area contributed by atoms with Crippen LogP contribution in [0.5, 0.6) is 0 Å². The molecule has 1 saturated carbocycles. The van der Waals surface area contributed by atoms with E-state index in [1.807, 2.05) is 0 Å². The van der Waals surface area contributed by atoms with Crippen LogP contribution in [-0.4, -0.2) is 11.0 Å². The Labute approximate surface area is 73.2 Å². The molecule has 2 N–H and O–H groups in total. The Morgan fingerprint density at radius 3 is 2.75 bits per heavy atom. The molecule has 1 aliphatic carbocycles. The first-order valence-electron chi connectivity index (χ1n) is 3.68. The van der Waals surface area contributed by atoms with Gasteiger partial charge in [-0.15, -0.1) is 0 Å². The molecule has 0 saturated heterocycles. The van der Waals surface area contributed by atoms with E-state index >= 15 is 0 Å². The van der Waals surface area contributed by atoms with Crippen LogP contribution >= 0.6 is 11.3 Å². The number of rotatable bonds is 2. The van der Waals surface area contributed by atoms with Crippen molar-refractivity contribution in [2.75, 3.05) is 0 Å². The van der Waals surface area contributed by atoms with Crippen LogP contribution < -0.4 is 5.73 Å². The van der Waals surface area contributed by atoms with Crippen molar-refractivity contribution in [1.82, 2.24) is 0 Å². The topological polar surface area (TPSA) is 69.2 Å². The minimum atomic E-state index is -0.359. The van der Waals surface area contributed by atoms with E-state index in [0.717, 1.165) is 11.3 Å². The summed E-state index contributed by atoms with van der Waals surface area (Å²) >= 11 is 1.24. The third-order valence-corrected chi connectivity index (χ3v) is 3.17. The summed E-state index contributed by atoms with van der Waals surface area (Å²) in [7, 11) is 0. The molecule has 0 radical (unpaired) electrons. The SMILES string of the molecule is NC1CC1c1ccc([N+](=O)[O-])s1. The second-order valence-electron chi connectivity index (χ2n) is 2.94. The molecule has 4 nitrogen and oxygen atoms in total. The Hall–Kier alpha value is -0.940. The highest BCUT2D eigenvalue weighted by Gasteiger charge is 2.36. The fourth-order valence-corrected chi connectivity index (χ4v) is 2.19. The normalized spacial score (nSPS) is 27.1. The van der Waals surface area contributed by atoms with E-state index in [9.17, 15) is 10.1 Å². The average molecular weight is 184 g/mol. The zero-order valence-electron chi connectivity index (χ0n) is 6.27. The van der Waals surface area contributed by atoms with Gasteiger partial charge in [-0.1, -0.05) is 11.3 Å². The van der Waals surface area contributed by atoms with E-state index in [1.54, 1.807) is 12.1 Å². The van der Waals surface area contributed by atoms with Gasteiger partial charge in [0.25, 0.3) is 0 Å². The molecular formula is C7H8N2O2S. The largest absolute Gasteiger partial charge is 0.327 e. The van der Waals surface area contributed by atoms with Crippen molar-refractivity contribution in [3.05, 3.63) is 27.1 Å². The smallest absolute Gasteiger partial charge is 0.324 e. The van der Waals surface area contributed by atoms with Gasteiger partial charge in [0.1, 0.15) is 0 Å². The predicted molar refractivity (Wildman–Crippen MR) is 46.3 cm³/mol. The monoisotopic (exact) mass is 184 g/mol. The van der Waals surface area contributed by atoms with Gasteiger partial charge in [-0.25, -0.2) is 0 Å². The Morgan fingerprint density at radius 2 is 2.33 bits per heavy atom. The third kappa shape index (κ3) is 1.21. The Balaban J connectivity index is 2.19. The lowest BCUT2D eigenvalue weighted by Gasteiger charge is -1.86. The second-order valence-corrected chi connectivity index (χ2v) is 4.03. The average Bonchev–Trinajstić information content (AvgIpc) is 2.59. The molecule has 2 unspecified atom stereocenters. The Kier molecular flexibility index (Phi) is 1.62. The molecule has 64 valence electrons. The highest BCUT2D eigenvalue weighted by Crippen LogP contribution is 2.43. The number of hydrogen-bond donors (Lipinski definition) is 1. The molecule has 2 rings (SSSR count). The van der Waals surface area contributed by atoms with Crippen LogP contribution in [0.2, 0.25) is 0 Å². The van der Waals surface area contributed by atoms with E-state index in [0.29, 0.717) is 5.92 Å². The van der Waals surface area contributed by atoms with Crippen LogP contribution in [0.15, 0.2) is 12.1 Å². The van der Waals surface area contributed by atoms with Crippen molar-refractivity contribution < 1.29 is 4.92 Å². The number of nitro groups is 1. The zero-order valence-corrected chi connectivity index (χ0v) is 7.08. The summed E-state index contributed by atoms with van der Waals surface area (Å²) in [6, 6.07) is 3.58. The van der Waals surface area contributed by atoms with Crippen molar-refractivity contribution in [1.29, 1.82) is 0 Å². The van der Waals surface area contributed by atoms with Gasteiger partial charge in [0.15, 0.2) is 0 Å². The lowest BCUT2D eigenvalue weighted by molar-refractivity contribution is -0.380. The van der Waals surface area contributed by atoms with Crippen molar-refractivity contribution >= 4 is 16.3 Å². The van der Waals surface area contributed by atoms with Crippen LogP contribution in [-0.2, 0) is 0 Å². The van der Waals surface area contributed by atoms with E-state index in [4.69, 9.17) is 5.73 Å². The molecule has 1 aliphatic rings. The first-order valence-corrected chi connectivity index (χ1v) is 4.50. The van der Waals surface area contributed by atoms with Crippen LogP contribution in [0, 0.1) is 10.1 Å². The first kappa shape index (κ1) is 7.70. The summed E-state index contributed by atoms with van der Waals surface area (Å²) in [6.07, 6.45) is 0.970. The molecule has 0 aliphatic heterocycles. The van der Waals surface area contributed by atoms with Gasteiger partial charge >= 0.3 is 5.00 Å². The summed E-state index contributed by atoms with van der Waals surface area (Å²) in [6.45, 7) is 0. The summed E-state index contributed by atoms with van der Waals surface area (Å²) in [5, 5.41) is 10.5. The standard InChI is InChI=1S/C7H8N2O2S/c8-5-3-4(5)6-1-2-7(12-6)9(10)11/h1-2,4-5H,3,8H2. The van der Waals surface area contributed by atoms with Crippen molar-refractivity contribution in [3.63, 3.8) is 0 Å². The van der Waals surface area contributed by atoms with Gasteiger partial charge < -0.3 is 5.73 Å². The highest BCUT2D eigenvalue weighted by atomic mass is 32.1. The molecule has 0 spiro atoms. The van der Waals surface area contributed by atoms with E-state index in [2.05, 4.69) is 0 Å². The Morgan fingerprint density at radius 1 is 1.67 bits per heavy atom. The van der Waals surface area contributed by atoms with Gasteiger partial charge in [-0.05, 0) is 12.5 Å². The van der Waals surface area contributed by atoms with Gasteiger partial charge in [-0.2, -0.15) is 0 Å². The maximum atomic E-state index is 10.3. The Bertz CT molecular complexity index is 323. The zero-order chi connectivity index (χ0) is 8.72. The summed E-state index contributed by atoms with van der Waals surface area (Å²) in [4.78, 5) is 11.0.